The van der Waals surface area contributed by atoms with Crippen LogP contribution in [0.3, 0.4) is 0 Å². The van der Waals surface area contributed by atoms with Gasteiger partial charge in [-0.1, -0.05) is 6.92 Å². The number of alkyl halides is 2. The second-order valence-corrected chi connectivity index (χ2v) is 4.46. The first-order chi connectivity index (χ1) is 9.96. The molecule has 21 heavy (non-hydrogen) atoms. The highest BCUT2D eigenvalue weighted by Crippen LogP contribution is 2.31. The molecule has 1 aromatic rings. The van der Waals surface area contributed by atoms with Crippen LogP contribution in [-0.2, 0) is 4.79 Å². The molecule has 2 N–H and O–H groups in total. The van der Waals surface area contributed by atoms with Gasteiger partial charge in [-0.25, -0.2) is 0 Å². The number of methoxy groups -OCH3 is 1. The van der Waals surface area contributed by atoms with Gasteiger partial charge >= 0.3 is 6.61 Å². The van der Waals surface area contributed by atoms with Crippen molar-refractivity contribution in [2.24, 2.45) is 0 Å². The fourth-order valence-corrected chi connectivity index (χ4v) is 1.85. The van der Waals surface area contributed by atoms with Gasteiger partial charge in [-0.2, -0.15) is 8.78 Å². The van der Waals surface area contributed by atoms with E-state index in [9.17, 15) is 13.6 Å². The van der Waals surface area contributed by atoms with Gasteiger partial charge in [-0.3, -0.25) is 4.79 Å². The van der Waals surface area contributed by atoms with E-state index in [1.807, 2.05) is 13.8 Å². The van der Waals surface area contributed by atoms with Crippen LogP contribution in [0.15, 0.2) is 18.2 Å². The van der Waals surface area contributed by atoms with E-state index in [0.717, 1.165) is 6.54 Å². The Hall–Kier alpha value is -1.89. The standard InChI is InChI=1S/C14H20F2N2O3/c1-4-17-9(2)7-13(19)18-10-5-6-11(20-3)12(8-10)21-14(15)16/h5-6,8-9,14,17H,4,7H2,1-3H3,(H,18,19). The topological polar surface area (TPSA) is 59.6 Å². The van der Waals surface area contributed by atoms with Crippen molar-refractivity contribution < 1.29 is 23.0 Å². The fourth-order valence-electron chi connectivity index (χ4n) is 1.85. The van der Waals surface area contributed by atoms with Gasteiger partial charge < -0.3 is 20.1 Å². The first-order valence-corrected chi connectivity index (χ1v) is 6.62. The van der Waals surface area contributed by atoms with E-state index in [0.29, 0.717) is 5.69 Å². The molecule has 7 heteroatoms. The molecule has 0 aliphatic carbocycles. The molecule has 0 saturated heterocycles. The summed E-state index contributed by atoms with van der Waals surface area (Å²) in [5, 5.41) is 5.75. The van der Waals surface area contributed by atoms with Crippen LogP contribution in [0.4, 0.5) is 14.5 Å². The lowest BCUT2D eigenvalue weighted by molar-refractivity contribution is -0.116. The average molecular weight is 302 g/mol. The van der Waals surface area contributed by atoms with E-state index in [1.54, 1.807) is 6.07 Å². The largest absolute Gasteiger partial charge is 0.493 e. The molecule has 0 aliphatic heterocycles. The zero-order valence-electron chi connectivity index (χ0n) is 12.3. The van der Waals surface area contributed by atoms with Gasteiger partial charge in [0.15, 0.2) is 11.5 Å². The molecule has 1 unspecified atom stereocenters. The summed E-state index contributed by atoms with van der Waals surface area (Å²) in [5.74, 6) is -0.157. The quantitative estimate of drug-likeness (QED) is 0.775. The summed E-state index contributed by atoms with van der Waals surface area (Å²) in [6, 6.07) is 4.36. The van der Waals surface area contributed by atoms with Crippen LogP contribution >= 0.6 is 0 Å². The predicted octanol–water partition coefficient (Wildman–Crippen LogP) is 2.62. The number of anilines is 1. The molecule has 1 amide bonds. The number of hydrogen-bond donors (Lipinski definition) is 2. The third-order valence-corrected chi connectivity index (χ3v) is 2.71. The average Bonchev–Trinajstić information content (AvgIpc) is 2.38. The molecule has 0 aromatic heterocycles. The maximum atomic E-state index is 12.3. The molecular formula is C14H20F2N2O3. The highest BCUT2D eigenvalue weighted by Gasteiger charge is 2.13. The highest BCUT2D eigenvalue weighted by molar-refractivity contribution is 5.91. The molecule has 0 bridgehead atoms. The minimum absolute atomic E-state index is 0.0324. The summed E-state index contributed by atoms with van der Waals surface area (Å²) in [6.45, 7) is 1.65. The number of halogens is 2. The smallest absolute Gasteiger partial charge is 0.387 e. The Kier molecular flexibility index (Phi) is 6.87. The zero-order valence-corrected chi connectivity index (χ0v) is 12.3. The maximum absolute atomic E-state index is 12.3. The van der Waals surface area contributed by atoms with Gasteiger partial charge in [0.25, 0.3) is 0 Å². The normalized spacial score (nSPS) is 12.1. The number of nitrogens with one attached hydrogen (secondary N) is 2. The molecule has 1 atom stereocenters. The second-order valence-electron chi connectivity index (χ2n) is 4.46. The number of amides is 1. The minimum atomic E-state index is -2.96. The van der Waals surface area contributed by atoms with Gasteiger partial charge in [-0.15, -0.1) is 0 Å². The lowest BCUT2D eigenvalue weighted by Crippen LogP contribution is -2.30. The van der Waals surface area contributed by atoms with Gasteiger partial charge in [0.1, 0.15) is 0 Å². The molecule has 118 valence electrons. The van der Waals surface area contributed by atoms with E-state index in [4.69, 9.17) is 4.74 Å². The SMILES string of the molecule is CCNC(C)CC(=O)Nc1ccc(OC)c(OC(F)F)c1. The Morgan fingerprint density at radius 1 is 1.33 bits per heavy atom. The van der Waals surface area contributed by atoms with Gasteiger partial charge in [-0.05, 0) is 25.6 Å². The van der Waals surface area contributed by atoms with Crippen molar-refractivity contribution in [3.05, 3.63) is 18.2 Å². The van der Waals surface area contributed by atoms with Crippen molar-refractivity contribution in [1.29, 1.82) is 0 Å². The Balaban J connectivity index is 2.72. The number of hydrogen-bond acceptors (Lipinski definition) is 4. The molecule has 0 aliphatic rings. The van der Waals surface area contributed by atoms with E-state index >= 15 is 0 Å². The first kappa shape index (κ1) is 17.2. The monoisotopic (exact) mass is 302 g/mol. The number of ether oxygens (including phenoxy) is 2. The van der Waals surface area contributed by atoms with Gasteiger partial charge in [0, 0.05) is 24.2 Å². The van der Waals surface area contributed by atoms with Gasteiger partial charge in [0.05, 0.1) is 7.11 Å². The molecule has 5 nitrogen and oxygen atoms in total. The van der Waals surface area contributed by atoms with Crippen LogP contribution in [0.1, 0.15) is 20.3 Å². The first-order valence-electron chi connectivity index (χ1n) is 6.62. The van der Waals surface area contributed by atoms with Gasteiger partial charge in [0.2, 0.25) is 5.91 Å². The van der Waals surface area contributed by atoms with Crippen LogP contribution in [-0.4, -0.2) is 32.2 Å². The molecule has 0 radical (unpaired) electrons. The van der Waals surface area contributed by atoms with Crippen LogP contribution in [0.25, 0.3) is 0 Å². The van der Waals surface area contributed by atoms with E-state index in [1.165, 1.54) is 19.2 Å². The van der Waals surface area contributed by atoms with E-state index in [2.05, 4.69) is 15.4 Å². The summed E-state index contributed by atoms with van der Waals surface area (Å²) in [5.41, 5.74) is 0.375. The van der Waals surface area contributed by atoms with E-state index < -0.39 is 6.61 Å². The molecular weight excluding hydrogens is 282 g/mol. The summed E-state index contributed by atoms with van der Waals surface area (Å²) in [6.07, 6.45) is 0.283. The van der Waals surface area contributed by atoms with Crippen LogP contribution in [0, 0.1) is 0 Å². The molecule has 0 fully saturated rings. The molecule has 0 spiro atoms. The van der Waals surface area contributed by atoms with Crippen molar-refractivity contribution in [2.75, 3.05) is 19.0 Å². The minimum Gasteiger partial charge on any atom is -0.493 e. The fraction of sp³-hybridized carbons (Fsp3) is 0.500. The third-order valence-electron chi connectivity index (χ3n) is 2.71. The second kappa shape index (κ2) is 8.41. The lowest BCUT2D eigenvalue weighted by atomic mass is 10.2. The maximum Gasteiger partial charge on any atom is 0.387 e. The zero-order chi connectivity index (χ0) is 15.8. The van der Waals surface area contributed by atoms with Crippen molar-refractivity contribution in [1.82, 2.24) is 5.32 Å². The number of rotatable bonds is 8. The van der Waals surface area contributed by atoms with Crippen molar-refractivity contribution in [3.8, 4) is 11.5 Å². The summed E-state index contributed by atoms with van der Waals surface area (Å²) >= 11 is 0. The van der Waals surface area contributed by atoms with Crippen LogP contribution < -0.4 is 20.1 Å². The number of carbonyl (C=O) groups excluding carboxylic acids is 1. The van der Waals surface area contributed by atoms with Crippen molar-refractivity contribution in [3.63, 3.8) is 0 Å². The molecule has 1 rings (SSSR count). The molecule has 0 heterocycles. The number of benzene rings is 1. The van der Waals surface area contributed by atoms with Crippen LogP contribution in [0.5, 0.6) is 11.5 Å². The third kappa shape index (κ3) is 5.95. The number of carbonyl (C=O) groups is 1. The summed E-state index contributed by atoms with van der Waals surface area (Å²) < 4.78 is 33.9. The predicted molar refractivity (Wildman–Crippen MR) is 76.0 cm³/mol. The highest BCUT2D eigenvalue weighted by atomic mass is 19.3. The van der Waals surface area contributed by atoms with Crippen molar-refractivity contribution >= 4 is 11.6 Å². The summed E-state index contributed by atoms with van der Waals surface area (Å²) in [4.78, 5) is 11.8. The van der Waals surface area contributed by atoms with Crippen molar-refractivity contribution in [2.45, 2.75) is 32.9 Å². The Morgan fingerprint density at radius 3 is 2.62 bits per heavy atom. The summed E-state index contributed by atoms with van der Waals surface area (Å²) in [7, 11) is 1.35. The molecule has 1 aromatic carbocycles. The Labute approximate surface area is 122 Å². The Bertz CT molecular complexity index is 470. The molecule has 0 saturated carbocycles. The lowest BCUT2D eigenvalue weighted by Gasteiger charge is -2.14. The van der Waals surface area contributed by atoms with Crippen LogP contribution in [0.2, 0.25) is 0 Å². The Morgan fingerprint density at radius 2 is 2.05 bits per heavy atom. The van der Waals surface area contributed by atoms with E-state index in [-0.39, 0.29) is 29.9 Å².